The fourth-order valence-electron chi connectivity index (χ4n) is 3.57. The summed E-state index contributed by atoms with van der Waals surface area (Å²) >= 11 is 0. The first-order chi connectivity index (χ1) is 11.0. The lowest BCUT2D eigenvalue weighted by molar-refractivity contribution is -0.117. The highest BCUT2D eigenvalue weighted by Gasteiger charge is 2.38. The van der Waals surface area contributed by atoms with Crippen LogP contribution in [0.25, 0.3) is 0 Å². The predicted molar refractivity (Wildman–Crippen MR) is 88.1 cm³/mol. The Bertz CT molecular complexity index is 816. The standard InChI is InChI=1S/C18H20N4O/c1-10-4-6-13(7-5-10)17-16-14(8-11(2)9-15(16)23)20-18-19-12(3)21-22(17)18/h4-7,11,17H,8-9H2,1-3H3,(H,19,20,21)/t11-,17+/m0/s1. The molecule has 0 unspecified atom stereocenters. The molecule has 1 aliphatic heterocycles. The van der Waals surface area contributed by atoms with E-state index in [9.17, 15) is 4.79 Å². The molecule has 118 valence electrons. The highest BCUT2D eigenvalue weighted by molar-refractivity contribution is 5.99. The Morgan fingerprint density at radius 2 is 1.91 bits per heavy atom. The molecule has 2 heterocycles. The molecule has 1 aromatic carbocycles. The van der Waals surface area contributed by atoms with Gasteiger partial charge in [0.25, 0.3) is 0 Å². The first kappa shape index (κ1) is 14.2. The maximum Gasteiger partial charge on any atom is 0.226 e. The fourth-order valence-corrected chi connectivity index (χ4v) is 3.57. The number of hydrogen-bond donors (Lipinski definition) is 1. The van der Waals surface area contributed by atoms with Gasteiger partial charge in [0.15, 0.2) is 5.78 Å². The van der Waals surface area contributed by atoms with Crippen molar-refractivity contribution in [3.63, 3.8) is 0 Å². The van der Waals surface area contributed by atoms with Gasteiger partial charge in [-0.3, -0.25) is 4.79 Å². The molecule has 0 fully saturated rings. The molecule has 2 aliphatic rings. The summed E-state index contributed by atoms with van der Waals surface area (Å²) in [7, 11) is 0. The minimum absolute atomic E-state index is 0.178. The Kier molecular flexibility index (Phi) is 3.11. The molecular formula is C18H20N4O. The number of Topliss-reactive ketones (excluding diaryl/α,β-unsaturated/α-hetero) is 1. The van der Waals surface area contributed by atoms with Crippen molar-refractivity contribution in [1.29, 1.82) is 0 Å². The van der Waals surface area contributed by atoms with E-state index in [0.29, 0.717) is 18.2 Å². The second-order valence-corrected chi connectivity index (χ2v) is 6.69. The zero-order valence-electron chi connectivity index (χ0n) is 13.6. The van der Waals surface area contributed by atoms with Crippen molar-refractivity contribution in [2.24, 2.45) is 5.92 Å². The number of carbonyl (C=O) groups excluding carboxylic acids is 1. The Morgan fingerprint density at radius 1 is 1.17 bits per heavy atom. The van der Waals surface area contributed by atoms with Crippen LogP contribution in [0.2, 0.25) is 0 Å². The van der Waals surface area contributed by atoms with Gasteiger partial charge in [-0.2, -0.15) is 10.1 Å². The van der Waals surface area contributed by atoms with Crippen LogP contribution in [0.15, 0.2) is 35.5 Å². The summed E-state index contributed by atoms with van der Waals surface area (Å²) in [6, 6.07) is 8.15. The van der Waals surface area contributed by atoms with E-state index < -0.39 is 0 Å². The molecule has 2 aromatic rings. The first-order valence-electron chi connectivity index (χ1n) is 8.06. The summed E-state index contributed by atoms with van der Waals surface area (Å²) in [6.07, 6.45) is 1.49. The molecular weight excluding hydrogens is 288 g/mol. The van der Waals surface area contributed by atoms with Crippen LogP contribution >= 0.6 is 0 Å². The third-order valence-electron chi connectivity index (χ3n) is 4.62. The van der Waals surface area contributed by atoms with Gasteiger partial charge in [-0.05, 0) is 31.7 Å². The Labute approximate surface area is 135 Å². The van der Waals surface area contributed by atoms with Crippen molar-refractivity contribution in [3.05, 3.63) is 52.5 Å². The smallest absolute Gasteiger partial charge is 0.226 e. The van der Waals surface area contributed by atoms with Crippen molar-refractivity contribution in [1.82, 2.24) is 14.8 Å². The van der Waals surface area contributed by atoms with E-state index in [0.717, 1.165) is 29.2 Å². The van der Waals surface area contributed by atoms with E-state index in [1.807, 2.05) is 11.6 Å². The summed E-state index contributed by atoms with van der Waals surface area (Å²) in [5.74, 6) is 2.03. The van der Waals surface area contributed by atoms with E-state index >= 15 is 0 Å². The largest absolute Gasteiger partial charge is 0.328 e. The van der Waals surface area contributed by atoms with Crippen molar-refractivity contribution < 1.29 is 4.79 Å². The quantitative estimate of drug-likeness (QED) is 0.879. The molecule has 1 N–H and O–H groups in total. The van der Waals surface area contributed by atoms with Gasteiger partial charge in [0, 0.05) is 17.7 Å². The van der Waals surface area contributed by atoms with E-state index in [-0.39, 0.29) is 11.8 Å². The number of hydrogen-bond acceptors (Lipinski definition) is 4. The van der Waals surface area contributed by atoms with E-state index in [2.05, 4.69) is 53.5 Å². The van der Waals surface area contributed by atoms with E-state index in [1.54, 1.807) is 0 Å². The normalized spacial score (nSPS) is 23.3. The van der Waals surface area contributed by atoms with Crippen molar-refractivity contribution in [3.8, 4) is 0 Å². The number of aryl methyl sites for hydroxylation is 2. The SMILES string of the molecule is Cc1ccc([C@@H]2C3=C(C[C@H](C)CC3=O)Nc3nc(C)nn32)cc1. The van der Waals surface area contributed by atoms with Gasteiger partial charge in [-0.25, -0.2) is 4.68 Å². The van der Waals surface area contributed by atoms with Gasteiger partial charge in [0.1, 0.15) is 11.9 Å². The van der Waals surface area contributed by atoms with Crippen LogP contribution < -0.4 is 5.32 Å². The van der Waals surface area contributed by atoms with Gasteiger partial charge in [-0.15, -0.1) is 0 Å². The van der Waals surface area contributed by atoms with E-state index in [1.165, 1.54) is 5.56 Å². The number of rotatable bonds is 1. The van der Waals surface area contributed by atoms with Gasteiger partial charge in [0.05, 0.1) is 0 Å². The first-order valence-corrected chi connectivity index (χ1v) is 8.06. The molecule has 1 aromatic heterocycles. The van der Waals surface area contributed by atoms with Crippen molar-refractivity contribution >= 4 is 11.7 Å². The lowest BCUT2D eigenvalue weighted by Gasteiger charge is -2.34. The lowest BCUT2D eigenvalue weighted by atomic mass is 9.81. The molecule has 4 rings (SSSR count). The second kappa shape index (κ2) is 5.05. The molecule has 0 saturated heterocycles. The maximum atomic E-state index is 12.7. The number of nitrogens with one attached hydrogen (secondary N) is 1. The third-order valence-corrected chi connectivity index (χ3v) is 4.62. The van der Waals surface area contributed by atoms with Crippen molar-refractivity contribution in [2.75, 3.05) is 5.32 Å². The zero-order chi connectivity index (χ0) is 16.1. The number of nitrogens with zero attached hydrogens (tertiary/aromatic N) is 3. The van der Waals surface area contributed by atoms with Gasteiger partial charge >= 0.3 is 0 Å². The number of benzene rings is 1. The minimum Gasteiger partial charge on any atom is -0.328 e. The monoisotopic (exact) mass is 308 g/mol. The Balaban J connectivity index is 1.91. The molecule has 0 bridgehead atoms. The fraction of sp³-hybridized carbons (Fsp3) is 0.389. The van der Waals surface area contributed by atoms with Crippen LogP contribution in [0.1, 0.15) is 42.8 Å². The molecule has 23 heavy (non-hydrogen) atoms. The zero-order valence-corrected chi connectivity index (χ0v) is 13.6. The Morgan fingerprint density at radius 3 is 2.65 bits per heavy atom. The number of fused-ring (bicyclic) bond motifs is 1. The third kappa shape index (κ3) is 2.27. The molecule has 5 nitrogen and oxygen atoms in total. The molecule has 5 heteroatoms. The number of anilines is 1. The van der Waals surface area contributed by atoms with Crippen LogP contribution in [-0.2, 0) is 4.79 Å². The minimum atomic E-state index is -0.178. The van der Waals surface area contributed by atoms with Crippen LogP contribution in [0.3, 0.4) is 0 Å². The van der Waals surface area contributed by atoms with Crippen LogP contribution in [0, 0.1) is 19.8 Å². The highest BCUT2D eigenvalue weighted by atomic mass is 16.1. The molecule has 1 aliphatic carbocycles. The summed E-state index contributed by atoms with van der Waals surface area (Å²) in [5.41, 5.74) is 4.15. The predicted octanol–water partition coefficient (Wildman–Crippen LogP) is 3.16. The maximum absolute atomic E-state index is 12.7. The molecule has 0 amide bonds. The topological polar surface area (TPSA) is 59.8 Å². The number of ketones is 1. The van der Waals surface area contributed by atoms with Crippen LogP contribution in [-0.4, -0.2) is 20.5 Å². The van der Waals surface area contributed by atoms with Gasteiger partial charge < -0.3 is 5.32 Å². The van der Waals surface area contributed by atoms with Gasteiger partial charge in [-0.1, -0.05) is 36.8 Å². The Hall–Kier alpha value is -2.43. The molecule has 0 radical (unpaired) electrons. The summed E-state index contributed by atoms with van der Waals surface area (Å²) < 4.78 is 1.85. The van der Waals surface area contributed by atoms with E-state index in [4.69, 9.17) is 0 Å². The molecule has 0 saturated carbocycles. The number of aromatic nitrogens is 3. The number of allylic oxidation sites excluding steroid dienone is 2. The van der Waals surface area contributed by atoms with Crippen LogP contribution in [0.4, 0.5) is 5.95 Å². The van der Waals surface area contributed by atoms with Crippen LogP contribution in [0.5, 0.6) is 0 Å². The summed E-state index contributed by atoms with van der Waals surface area (Å²) in [5, 5.41) is 7.87. The second-order valence-electron chi connectivity index (χ2n) is 6.69. The summed E-state index contributed by atoms with van der Waals surface area (Å²) in [6.45, 7) is 6.06. The molecule has 0 spiro atoms. The average Bonchev–Trinajstić information content (AvgIpc) is 2.85. The van der Waals surface area contributed by atoms with Gasteiger partial charge in [0.2, 0.25) is 5.95 Å². The summed E-state index contributed by atoms with van der Waals surface area (Å²) in [4.78, 5) is 17.2. The number of carbonyl (C=O) groups is 1. The average molecular weight is 308 g/mol. The van der Waals surface area contributed by atoms with Crippen molar-refractivity contribution in [2.45, 2.75) is 39.7 Å². The highest BCUT2D eigenvalue weighted by Crippen LogP contribution is 2.41. The lowest BCUT2D eigenvalue weighted by Crippen LogP contribution is -2.33. The molecule has 2 atom stereocenters.